The molecule has 1 aliphatic rings. The first-order valence-electron chi connectivity index (χ1n) is 9.23. The van der Waals surface area contributed by atoms with Crippen LogP contribution in [0, 0.1) is 6.92 Å². The van der Waals surface area contributed by atoms with Crippen LogP contribution < -0.4 is 10.5 Å². The Balaban J connectivity index is 1.57. The zero-order chi connectivity index (χ0) is 20.1. The molecular formula is C21H17N5O3. The molecule has 1 atom stereocenters. The van der Waals surface area contributed by atoms with E-state index in [0.717, 1.165) is 15.9 Å². The fourth-order valence-electron chi connectivity index (χ4n) is 3.87. The summed E-state index contributed by atoms with van der Waals surface area (Å²) >= 11 is 0. The lowest BCUT2D eigenvalue weighted by molar-refractivity contribution is -0.121. The Morgan fingerprint density at radius 1 is 1.00 bits per heavy atom. The van der Waals surface area contributed by atoms with Crippen LogP contribution in [0.4, 0.5) is 5.69 Å². The summed E-state index contributed by atoms with van der Waals surface area (Å²) in [7, 11) is 0. The quantitative estimate of drug-likeness (QED) is 0.527. The number of nitrogens with zero attached hydrogens (tertiary/aromatic N) is 3. The maximum atomic E-state index is 13.1. The largest absolute Gasteiger partial charge is 0.322 e. The maximum Gasteiger partial charge on any atom is 0.278 e. The van der Waals surface area contributed by atoms with Crippen LogP contribution in [-0.4, -0.2) is 31.6 Å². The number of para-hydroxylation sites is 3. The Labute approximate surface area is 164 Å². The second kappa shape index (κ2) is 6.30. The topological polar surface area (TPSA) is 104 Å². The molecule has 0 aliphatic carbocycles. The number of aromatic amines is 2. The lowest BCUT2D eigenvalue weighted by Crippen LogP contribution is -2.31. The molecule has 0 spiro atoms. The molecule has 29 heavy (non-hydrogen) atoms. The van der Waals surface area contributed by atoms with E-state index in [9.17, 15) is 14.4 Å². The van der Waals surface area contributed by atoms with Crippen LogP contribution in [0.2, 0.25) is 0 Å². The molecule has 2 amide bonds. The van der Waals surface area contributed by atoms with Gasteiger partial charge in [0.15, 0.2) is 0 Å². The minimum Gasteiger partial charge on any atom is -0.322 e. The second-order valence-electron chi connectivity index (χ2n) is 7.03. The molecule has 1 aliphatic heterocycles. The van der Waals surface area contributed by atoms with E-state index in [1.165, 1.54) is 4.68 Å². The number of nitrogens with one attached hydrogen (secondary N) is 2. The van der Waals surface area contributed by atoms with Gasteiger partial charge in [-0.15, -0.1) is 0 Å². The van der Waals surface area contributed by atoms with Gasteiger partial charge in [0, 0.05) is 12.1 Å². The van der Waals surface area contributed by atoms with Crippen molar-refractivity contribution >= 4 is 28.5 Å². The van der Waals surface area contributed by atoms with E-state index in [4.69, 9.17) is 0 Å². The molecule has 0 bridgehead atoms. The number of benzene rings is 2. The van der Waals surface area contributed by atoms with Crippen molar-refractivity contribution in [2.75, 3.05) is 4.90 Å². The van der Waals surface area contributed by atoms with Gasteiger partial charge in [-0.3, -0.25) is 24.4 Å². The van der Waals surface area contributed by atoms with Gasteiger partial charge in [-0.2, -0.15) is 4.68 Å². The van der Waals surface area contributed by atoms with Crippen molar-refractivity contribution in [1.29, 1.82) is 0 Å². The molecule has 8 nitrogen and oxygen atoms in total. The summed E-state index contributed by atoms with van der Waals surface area (Å²) in [5.74, 6) is -1.20. The van der Waals surface area contributed by atoms with E-state index >= 15 is 0 Å². The number of imidazole rings is 1. The standard InChI is InChI=1S/C21H17N5O3/c1-12-18(14-11-17(27)25(19(14)28)13-7-3-2-4-8-13)20(29)26(24-12)21-22-15-9-5-6-10-16(15)23-21/h2-10,14,24H,11H2,1H3,(H,22,23)/t14-/m1/s1. The highest BCUT2D eigenvalue weighted by atomic mass is 16.2. The van der Waals surface area contributed by atoms with Crippen molar-refractivity contribution in [3.8, 4) is 5.95 Å². The van der Waals surface area contributed by atoms with Crippen molar-refractivity contribution in [2.24, 2.45) is 0 Å². The second-order valence-corrected chi connectivity index (χ2v) is 7.03. The van der Waals surface area contributed by atoms with E-state index in [1.54, 1.807) is 31.2 Å². The van der Waals surface area contributed by atoms with E-state index < -0.39 is 11.8 Å². The van der Waals surface area contributed by atoms with Crippen molar-refractivity contribution in [2.45, 2.75) is 19.3 Å². The first kappa shape index (κ1) is 17.2. The lowest BCUT2D eigenvalue weighted by atomic mass is 9.98. The normalized spacial score (nSPS) is 16.9. The number of imide groups is 1. The van der Waals surface area contributed by atoms with Gasteiger partial charge in [-0.05, 0) is 31.2 Å². The first-order chi connectivity index (χ1) is 14.0. The van der Waals surface area contributed by atoms with Crippen LogP contribution in [0.1, 0.15) is 23.6 Å². The van der Waals surface area contributed by atoms with Gasteiger partial charge in [-0.25, -0.2) is 4.98 Å². The summed E-state index contributed by atoms with van der Waals surface area (Å²) in [6.45, 7) is 1.72. The van der Waals surface area contributed by atoms with E-state index in [-0.39, 0.29) is 17.9 Å². The smallest absolute Gasteiger partial charge is 0.278 e. The van der Waals surface area contributed by atoms with Gasteiger partial charge in [-0.1, -0.05) is 30.3 Å². The Morgan fingerprint density at radius 3 is 2.48 bits per heavy atom. The predicted octanol–water partition coefficient (Wildman–Crippen LogP) is 2.40. The molecule has 4 aromatic rings. The number of aryl methyl sites for hydroxylation is 1. The van der Waals surface area contributed by atoms with E-state index in [2.05, 4.69) is 15.1 Å². The maximum absolute atomic E-state index is 13.1. The highest BCUT2D eigenvalue weighted by Gasteiger charge is 2.43. The fourth-order valence-corrected chi connectivity index (χ4v) is 3.87. The minimum absolute atomic E-state index is 0.0399. The zero-order valence-corrected chi connectivity index (χ0v) is 15.5. The molecule has 5 rings (SSSR count). The lowest BCUT2D eigenvalue weighted by Gasteiger charge is -2.14. The van der Waals surface area contributed by atoms with E-state index in [0.29, 0.717) is 22.9 Å². The number of amides is 2. The van der Waals surface area contributed by atoms with Crippen LogP contribution in [0.25, 0.3) is 17.0 Å². The molecule has 1 saturated heterocycles. The molecule has 8 heteroatoms. The number of carbonyl (C=O) groups excluding carboxylic acids is 2. The first-order valence-corrected chi connectivity index (χ1v) is 9.23. The number of aromatic nitrogens is 4. The monoisotopic (exact) mass is 387 g/mol. The number of hydrogen-bond donors (Lipinski definition) is 2. The van der Waals surface area contributed by atoms with Crippen molar-refractivity contribution in [3.63, 3.8) is 0 Å². The Morgan fingerprint density at radius 2 is 1.72 bits per heavy atom. The highest BCUT2D eigenvalue weighted by molar-refractivity contribution is 6.22. The minimum atomic E-state index is -0.822. The highest BCUT2D eigenvalue weighted by Crippen LogP contribution is 2.33. The van der Waals surface area contributed by atoms with Crippen molar-refractivity contribution in [1.82, 2.24) is 19.7 Å². The summed E-state index contributed by atoms with van der Waals surface area (Å²) in [5.41, 5.74) is 2.48. The van der Waals surface area contributed by atoms with Gasteiger partial charge in [0.05, 0.1) is 28.2 Å². The van der Waals surface area contributed by atoms with Crippen LogP contribution in [0.5, 0.6) is 0 Å². The van der Waals surface area contributed by atoms with Crippen molar-refractivity contribution < 1.29 is 9.59 Å². The molecule has 144 valence electrons. The van der Waals surface area contributed by atoms with Crippen molar-refractivity contribution in [3.05, 3.63) is 76.2 Å². The average Bonchev–Trinajstić information content (AvgIpc) is 3.36. The van der Waals surface area contributed by atoms with Gasteiger partial charge in [0.1, 0.15) is 0 Å². The summed E-state index contributed by atoms with van der Waals surface area (Å²) in [6.07, 6.45) is -0.0399. The van der Waals surface area contributed by atoms with E-state index in [1.807, 2.05) is 30.3 Å². The number of rotatable bonds is 3. The third-order valence-electron chi connectivity index (χ3n) is 5.22. The number of fused-ring (bicyclic) bond motifs is 1. The van der Waals surface area contributed by atoms with Gasteiger partial charge >= 0.3 is 0 Å². The third kappa shape index (κ3) is 2.60. The fraction of sp³-hybridized carbons (Fsp3) is 0.143. The molecule has 1 fully saturated rings. The Bertz CT molecular complexity index is 1280. The SMILES string of the molecule is Cc1[nH]n(-c2nc3ccccc3[nH]2)c(=O)c1[C@H]1CC(=O)N(c2ccccc2)C1=O. The molecule has 0 saturated carbocycles. The number of carbonyl (C=O) groups is 2. The van der Waals surface area contributed by atoms with Crippen LogP contribution in [-0.2, 0) is 9.59 Å². The van der Waals surface area contributed by atoms with Gasteiger partial charge in [0.2, 0.25) is 17.8 Å². The summed E-state index contributed by atoms with van der Waals surface area (Å²) in [5, 5.41) is 2.99. The van der Waals surface area contributed by atoms with Crippen LogP contribution >= 0.6 is 0 Å². The van der Waals surface area contributed by atoms with Crippen LogP contribution in [0.3, 0.4) is 0 Å². The number of anilines is 1. The predicted molar refractivity (Wildman–Crippen MR) is 107 cm³/mol. The number of hydrogen-bond acceptors (Lipinski definition) is 4. The molecule has 3 heterocycles. The molecule has 0 unspecified atom stereocenters. The van der Waals surface area contributed by atoms with Gasteiger partial charge < -0.3 is 4.98 Å². The van der Waals surface area contributed by atoms with Gasteiger partial charge in [0.25, 0.3) is 5.56 Å². The Hall–Kier alpha value is -3.94. The molecule has 2 N–H and O–H groups in total. The van der Waals surface area contributed by atoms with Crippen LogP contribution in [0.15, 0.2) is 59.4 Å². The molecule has 0 radical (unpaired) electrons. The molecular weight excluding hydrogens is 370 g/mol. The molecule has 2 aromatic heterocycles. The number of H-pyrrole nitrogens is 2. The summed E-state index contributed by atoms with van der Waals surface area (Å²) in [6, 6.07) is 16.2. The third-order valence-corrected chi connectivity index (χ3v) is 5.22. The summed E-state index contributed by atoms with van der Waals surface area (Å²) < 4.78 is 1.29. The average molecular weight is 387 g/mol. The summed E-state index contributed by atoms with van der Waals surface area (Å²) in [4.78, 5) is 47.4. The zero-order valence-electron chi connectivity index (χ0n) is 15.5. The molecule has 2 aromatic carbocycles. The Kier molecular flexibility index (Phi) is 3.73.